The van der Waals surface area contributed by atoms with Gasteiger partial charge in [-0.3, -0.25) is 9.59 Å². The summed E-state index contributed by atoms with van der Waals surface area (Å²) in [7, 11) is 0. The number of benzene rings is 1. The summed E-state index contributed by atoms with van der Waals surface area (Å²) in [4.78, 5) is 28.2. The highest BCUT2D eigenvalue weighted by Gasteiger charge is 2.21. The van der Waals surface area contributed by atoms with Crippen LogP contribution < -0.4 is 10.9 Å². The van der Waals surface area contributed by atoms with Crippen LogP contribution in [0.2, 0.25) is 0 Å². The lowest BCUT2D eigenvalue weighted by molar-refractivity contribution is -0.121. The predicted octanol–water partition coefficient (Wildman–Crippen LogP) is 3.35. The van der Waals surface area contributed by atoms with Crippen molar-refractivity contribution in [3.63, 3.8) is 0 Å². The Kier molecular flexibility index (Phi) is 7.51. The van der Waals surface area contributed by atoms with Gasteiger partial charge in [0.25, 0.3) is 5.56 Å². The summed E-state index contributed by atoms with van der Waals surface area (Å²) in [5.74, 6) is 1.30. The van der Waals surface area contributed by atoms with E-state index in [1.54, 1.807) is 6.20 Å². The first-order valence-electron chi connectivity index (χ1n) is 12.4. The van der Waals surface area contributed by atoms with Crippen molar-refractivity contribution in [2.45, 2.75) is 53.6 Å². The fourth-order valence-electron chi connectivity index (χ4n) is 5.46. The third-order valence-corrected chi connectivity index (χ3v) is 7.00. The molecular formula is C27H37N5O2. The molecule has 1 N–H and O–H groups in total. The number of amides is 1. The lowest BCUT2D eigenvalue weighted by atomic mass is 9.92. The average molecular weight is 464 g/mol. The number of aryl methyl sites for hydroxylation is 2. The van der Waals surface area contributed by atoms with E-state index in [0.29, 0.717) is 18.5 Å². The highest BCUT2D eigenvalue weighted by Crippen LogP contribution is 2.23. The number of rotatable bonds is 8. The molecule has 1 aliphatic heterocycles. The van der Waals surface area contributed by atoms with Crippen LogP contribution in [0.25, 0.3) is 10.8 Å². The van der Waals surface area contributed by atoms with Crippen molar-refractivity contribution in [1.82, 2.24) is 24.6 Å². The van der Waals surface area contributed by atoms with Gasteiger partial charge in [0, 0.05) is 43.0 Å². The Morgan fingerprint density at radius 1 is 1.09 bits per heavy atom. The van der Waals surface area contributed by atoms with Crippen LogP contribution in [0.5, 0.6) is 0 Å². The zero-order valence-corrected chi connectivity index (χ0v) is 20.9. The molecule has 1 aliphatic rings. The smallest absolute Gasteiger partial charge is 0.276 e. The number of aromatic nitrogens is 3. The number of carbonyl (C=O) groups excluding carboxylic acids is 1. The molecule has 0 saturated carbocycles. The van der Waals surface area contributed by atoms with Crippen LogP contribution in [-0.4, -0.2) is 51.3 Å². The van der Waals surface area contributed by atoms with Crippen molar-refractivity contribution in [3.05, 3.63) is 63.8 Å². The number of fused-ring (bicyclic) bond motifs is 1. The summed E-state index contributed by atoms with van der Waals surface area (Å²) in [5, 5.41) is 8.76. The molecule has 3 aromatic rings. The van der Waals surface area contributed by atoms with E-state index in [1.165, 1.54) is 16.7 Å². The second kappa shape index (κ2) is 10.6. The molecule has 0 bridgehead atoms. The number of nitrogens with one attached hydrogen (secondary N) is 1. The summed E-state index contributed by atoms with van der Waals surface area (Å²) in [6, 6.07) is 10.2. The monoisotopic (exact) mass is 463 g/mol. The van der Waals surface area contributed by atoms with Gasteiger partial charge in [-0.15, -0.1) is 0 Å². The number of likely N-dealkylation sites (tertiary alicyclic amines) is 1. The van der Waals surface area contributed by atoms with E-state index in [9.17, 15) is 9.59 Å². The van der Waals surface area contributed by atoms with Gasteiger partial charge in [-0.05, 0) is 50.6 Å². The lowest BCUT2D eigenvalue weighted by Gasteiger charge is -2.34. The van der Waals surface area contributed by atoms with Crippen LogP contribution in [0.15, 0.2) is 41.3 Å². The van der Waals surface area contributed by atoms with E-state index in [1.807, 2.05) is 32.0 Å². The first-order valence-corrected chi connectivity index (χ1v) is 12.4. The van der Waals surface area contributed by atoms with Crippen LogP contribution in [0.4, 0.5) is 0 Å². The molecule has 7 nitrogen and oxygen atoms in total. The quantitative estimate of drug-likeness (QED) is 0.520. The van der Waals surface area contributed by atoms with E-state index >= 15 is 0 Å². The highest BCUT2D eigenvalue weighted by atomic mass is 16.2. The van der Waals surface area contributed by atoms with Gasteiger partial charge in [-0.2, -0.15) is 5.10 Å². The molecule has 1 amide bonds. The zero-order valence-electron chi connectivity index (χ0n) is 20.9. The second-order valence-corrected chi connectivity index (χ2v) is 10.0. The Bertz CT molecular complexity index is 1190. The highest BCUT2D eigenvalue weighted by molar-refractivity contribution is 5.87. The summed E-state index contributed by atoms with van der Waals surface area (Å²) >= 11 is 0. The van der Waals surface area contributed by atoms with Crippen LogP contribution >= 0.6 is 0 Å². The number of hydrogen-bond donors (Lipinski definition) is 1. The van der Waals surface area contributed by atoms with E-state index in [4.69, 9.17) is 0 Å². The van der Waals surface area contributed by atoms with Gasteiger partial charge >= 0.3 is 0 Å². The summed E-state index contributed by atoms with van der Waals surface area (Å²) in [6.07, 6.45) is 3.92. The molecular weight excluding hydrogens is 426 g/mol. The minimum absolute atomic E-state index is 0.0606. The van der Waals surface area contributed by atoms with Gasteiger partial charge in [-0.25, -0.2) is 4.68 Å². The Morgan fingerprint density at radius 3 is 2.50 bits per heavy atom. The Hall–Kier alpha value is -2.93. The topological polar surface area (TPSA) is 72.2 Å². The molecule has 2 unspecified atom stereocenters. The van der Waals surface area contributed by atoms with Gasteiger partial charge in [-0.1, -0.05) is 44.2 Å². The molecule has 2 aromatic heterocycles. The van der Waals surface area contributed by atoms with Crippen LogP contribution in [0, 0.1) is 25.7 Å². The van der Waals surface area contributed by atoms with Crippen molar-refractivity contribution in [1.29, 1.82) is 0 Å². The van der Waals surface area contributed by atoms with Gasteiger partial charge in [0.05, 0.1) is 11.6 Å². The minimum atomic E-state index is -0.212. The van der Waals surface area contributed by atoms with E-state index in [2.05, 4.69) is 45.9 Å². The van der Waals surface area contributed by atoms with Crippen molar-refractivity contribution in [2.24, 2.45) is 11.8 Å². The molecule has 2 atom stereocenters. The van der Waals surface area contributed by atoms with Crippen molar-refractivity contribution in [3.8, 4) is 0 Å². The maximum atomic E-state index is 13.2. The fourth-order valence-corrected chi connectivity index (χ4v) is 5.46. The third-order valence-electron chi connectivity index (χ3n) is 7.00. The van der Waals surface area contributed by atoms with Crippen molar-refractivity contribution in [2.75, 3.05) is 26.2 Å². The molecule has 1 aromatic carbocycles. The largest absolute Gasteiger partial charge is 0.354 e. The fraction of sp³-hybridized carbons (Fsp3) is 0.519. The SMILES string of the molecule is Cc1c2cnn(CC(=O)NCCCN3CC(C)CC(C)C3)c(=O)c2c(C)n1Cc1ccccc1. The van der Waals surface area contributed by atoms with E-state index < -0.39 is 0 Å². The van der Waals surface area contributed by atoms with Crippen molar-refractivity contribution < 1.29 is 4.79 Å². The van der Waals surface area contributed by atoms with Crippen molar-refractivity contribution >= 4 is 16.7 Å². The molecule has 1 fully saturated rings. The van der Waals surface area contributed by atoms with Gasteiger partial charge in [0.1, 0.15) is 6.54 Å². The molecule has 3 heterocycles. The third kappa shape index (κ3) is 5.41. The Balaban J connectivity index is 1.38. The number of carbonyl (C=O) groups is 1. The van der Waals surface area contributed by atoms with Crippen LogP contribution in [0.3, 0.4) is 0 Å². The standard InChI is InChI=1S/C27H37N5O2/c1-19-13-20(2)16-30(15-19)12-8-11-28-25(33)18-32-27(34)26-22(4)31(21(3)24(26)14-29-32)17-23-9-6-5-7-10-23/h5-7,9-10,14,19-20H,8,11-13,15-18H2,1-4H3,(H,28,33). The Morgan fingerprint density at radius 2 is 1.79 bits per heavy atom. The van der Waals surface area contributed by atoms with E-state index in [-0.39, 0.29) is 18.0 Å². The molecule has 7 heteroatoms. The minimum Gasteiger partial charge on any atom is -0.354 e. The molecule has 34 heavy (non-hydrogen) atoms. The molecule has 0 aliphatic carbocycles. The summed E-state index contributed by atoms with van der Waals surface area (Å²) in [5.41, 5.74) is 2.88. The maximum Gasteiger partial charge on any atom is 0.276 e. The molecule has 0 radical (unpaired) electrons. The second-order valence-electron chi connectivity index (χ2n) is 10.0. The first-order chi connectivity index (χ1) is 16.3. The van der Waals surface area contributed by atoms with Gasteiger partial charge in [0.2, 0.25) is 5.91 Å². The Labute approximate surface area is 201 Å². The number of piperidine rings is 1. The lowest BCUT2D eigenvalue weighted by Crippen LogP contribution is -2.40. The number of hydrogen-bond acceptors (Lipinski definition) is 4. The number of nitrogens with zero attached hydrogens (tertiary/aromatic N) is 4. The zero-order chi connectivity index (χ0) is 24.2. The van der Waals surface area contributed by atoms with Crippen LogP contribution in [-0.2, 0) is 17.9 Å². The van der Waals surface area contributed by atoms with Gasteiger partial charge in [0.15, 0.2) is 0 Å². The maximum absolute atomic E-state index is 13.2. The first kappa shape index (κ1) is 24.2. The predicted molar refractivity (Wildman–Crippen MR) is 136 cm³/mol. The summed E-state index contributed by atoms with van der Waals surface area (Å²) < 4.78 is 3.43. The molecule has 1 saturated heterocycles. The molecule has 4 rings (SSSR count). The summed E-state index contributed by atoms with van der Waals surface area (Å²) in [6.45, 7) is 13.1. The molecule has 182 valence electrons. The normalized spacial score (nSPS) is 18.9. The van der Waals surface area contributed by atoms with Crippen LogP contribution in [0.1, 0.15) is 43.6 Å². The van der Waals surface area contributed by atoms with E-state index in [0.717, 1.165) is 54.7 Å². The molecule has 0 spiro atoms. The average Bonchev–Trinajstić information content (AvgIpc) is 3.04. The van der Waals surface area contributed by atoms with Gasteiger partial charge < -0.3 is 14.8 Å².